The first-order valence-corrected chi connectivity index (χ1v) is 18.2. The van der Waals surface area contributed by atoms with Crippen LogP contribution in [-0.4, -0.2) is 14.1 Å². The fourth-order valence-electron chi connectivity index (χ4n) is 7.59. The third-order valence-electron chi connectivity index (χ3n) is 10.0. The summed E-state index contributed by atoms with van der Waals surface area (Å²) in [6, 6.07) is 65.5. The van der Waals surface area contributed by atoms with Crippen molar-refractivity contribution in [2.45, 2.75) is 0 Å². The van der Waals surface area contributed by atoms with Gasteiger partial charge in [0.15, 0.2) is 0 Å². The number of nitrogens with zero attached hydrogens (tertiary/aromatic N) is 3. The first-order valence-electron chi connectivity index (χ1n) is 17.2. The topological polar surface area (TPSA) is 22.8 Å². The summed E-state index contributed by atoms with van der Waals surface area (Å²) < 4.78 is 5.98. The van der Waals surface area contributed by atoms with Gasteiger partial charge in [-0.1, -0.05) is 103 Å². The van der Waals surface area contributed by atoms with E-state index in [1.807, 2.05) is 0 Å². The summed E-state index contributed by atoms with van der Waals surface area (Å²) in [6.45, 7) is 0. The van der Waals surface area contributed by atoms with E-state index in [9.17, 15) is 0 Å². The molecule has 0 spiro atoms. The van der Waals surface area contributed by atoms with Crippen LogP contribution in [0.1, 0.15) is 0 Å². The smallest absolute Gasteiger partial charge is 0.0709 e. The zero-order valence-electron chi connectivity index (χ0n) is 27.5. The maximum absolute atomic E-state index is 5.03. The van der Waals surface area contributed by atoms with Crippen LogP contribution in [0.3, 0.4) is 0 Å². The first kappa shape index (κ1) is 29.9. The number of benzene rings is 7. The van der Waals surface area contributed by atoms with Gasteiger partial charge < -0.3 is 9.13 Å². The van der Waals surface area contributed by atoms with Crippen LogP contribution in [0, 0.1) is 3.57 Å². The molecule has 3 heterocycles. The molecule has 0 atom stereocenters. The van der Waals surface area contributed by atoms with Gasteiger partial charge in [0, 0.05) is 47.6 Å². The number of pyridine rings is 1. The Kier molecular flexibility index (Phi) is 7.10. The molecule has 10 aromatic rings. The lowest BCUT2D eigenvalue weighted by atomic mass is 10.0. The van der Waals surface area contributed by atoms with Crippen LogP contribution in [-0.2, 0) is 0 Å². The van der Waals surface area contributed by atoms with E-state index in [1.165, 1.54) is 64.0 Å². The van der Waals surface area contributed by atoms with Gasteiger partial charge in [-0.15, -0.1) is 0 Å². The largest absolute Gasteiger partial charge is 0.309 e. The zero-order chi connectivity index (χ0) is 33.9. The molecule has 0 fully saturated rings. The number of aromatic nitrogens is 3. The fraction of sp³-hybridized carbons (Fsp3) is 0. The summed E-state index contributed by atoms with van der Waals surface area (Å²) in [5.41, 5.74) is 13.6. The van der Waals surface area contributed by atoms with Crippen molar-refractivity contribution in [1.82, 2.24) is 14.1 Å². The molecule has 0 aliphatic rings. The molecule has 0 aliphatic heterocycles. The van der Waals surface area contributed by atoms with Crippen molar-refractivity contribution in [1.29, 1.82) is 0 Å². The monoisotopic (exact) mass is 763 g/mol. The quantitative estimate of drug-likeness (QED) is 0.160. The van der Waals surface area contributed by atoms with Gasteiger partial charge in [-0.05, 0) is 113 Å². The average Bonchev–Trinajstić information content (AvgIpc) is 3.71. The highest BCUT2D eigenvalue weighted by Crippen LogP contribution is 2.38. The lowest BCUT2D eigenvalue weighted by Crippen LogP contribution is -1.95. The van der Waals surface area contributed by atoms with Crippen molar-refractivity contribution in [2.75, 3.05) is 0 Å². The minimum Gasteiger partial charge on any atom is -0.309 e. The van der Waals surface area contributed by atoms with Crippen molar-refractivity contribution in [2.24, 2.45) is 0 Å². The normalized spacial score (nSPS) is 11.6. The second kappa shape index (κ2) is 12.1. The summed E-state index contributed by atoms with van der Waals surface area (Å²) in [6.07, 6.45) is 0. The van der Waals surface area contributed by atoms with Crippen molar-refractivity contribution in [3.63, 3.8) is 0 Å². The van der Waals surface area contributed by atoms with Gasteiger partial charge >= 0.3 is 0 Å². The Labute approximate surface area is 309 Å². The molecule has 0 amide bonds. The molecule has 0 aliphatic carbocycles. The van der Waals surface area contributed by atoms with Gasteiger partial charge in [0.25, 0.3) is 0 Å². The van der Waals surface area contributed by atoms with E-state index in [0.717, 1.165) is 28.2 Å². The molecule has 0 N–H and O–H groups in total. The standard InChI is InChI=1S/C47H30IN3/c48-35-23-17-31(18-24-35)42-13-8-14-43(49-42)32-19-25-37(26-20-32)51-44-15-6-4-11-38(44)40-27-21-34(30-47(40)51)33-22-28-46-41(29-33)39-12-5-7-16-45(39)50(46)36-9-2-1-3-10-36/h1-30H. The van der Waals surface area contributed by atoms with E-state index < -0.39 is 0 Å². The Morgan fingerprint density at radius 3 is 1.53 bits per heavy atom. The Balaban J connectivity index is 1.09. The molecule has 7 aromatic carbocycles. The molecule has 0 saturated heterocycles. The lowest BCUT2D eigenvalue weighted by molar-refractivity contribution is 1.18. The Morgan fingerprint density at radius 2 is 0.824 bits per heavy atom. The van der Waals surface area contributed by atoms with E-state index in [2.05, 4.69) is 214 Å². The SMILES string of the molecule is Ic1ccc(-c2cccc(-c3ccc(-n4c5ccccc5c5ccc(-c6ccc7c(c6)c6ccccc6n7-c6ccccc6)cc54)cc3)n2)cc1. The van der Waals surface area contributed by atoms with E-state index in [-0.39, 0.29) is 0 Å². The minimum absolute atomic E-state index is 0.964. The molecule has 0 bridgehead atoms. The maximum Gasteiger partial charge on any atom is 0.0709 e. The highest BCUT2D eigenvalue weighted by molar-refractivity contribution is 14.1. The van der Waals surface area contributed by atoms with Crippen LogP contribution in [0.4, 0.5) is 0 Å². The zero-order valence-corrected chi connectivity index (χ0v) is 29.7. The van der Waals surface area contributed by atoms with Gasteiger partial charge in [-0.2, -0.15) is 0 Å². The number of hydrogen-bond acceptors (Lipinski definition) is 1. The predicted molar refractivity (Wildman–Crippen MR) is 222 cm³/mol. The molecule has 0 radical (unpaired) electrons. The van der Waals surface area contributed by atoms with Crippen molar-refractivity contribution in [3.8, 4) is 45.0 Å². The van der Waals surface area contributed by atoms with E-state index in [1.54, 1.807) is 0 Å². The summed E-state index contributed by atoms with van der Waals surface area (Å²) in [4.78, 5) is 5.03. The maximum atomic E-state index is 5.03. The van der Waals surface area contributed by atoms with Gasteiger partial charge in [0.1, 0.15) is 0 Å². The van der Waals surface area contributed by atoms with Crippen LogP contribution in [0.2, 0.25) is 0 Å². The Morgan fingerprint density at radius 1 is 0.333 bits per heavy atom. The second-order valence-corrected chi connectivity index (χ2v) is 14.2. The van der Waals surface area contributed by atoms with Gasteiger partial charge in [-0.25, -0.2) is 4.98 Å². The molecular formula is C47H30IN3. The van der Waals surface area contributed by atoms with Crippen LogP contribution >= 0.6 is 22.6 Å². The number of halogens is 1. The third-order valence-corrected chi connectivity index (χ3v) is 10.7. The average molecular weight is 764 g/mol. The predicted octanol–water partition coefficient (Wildman–Crippen LogP) is 12.9. The van der Waals surface area contributed by atoms with Crippen LogP contribution in [0.15, 0.2) is 182 Å². The molecule has 3 aromatic heterocycles. The molecular weight excluding hydrogens is 733 g/mol. The minimum atomic E-state index is 0.964. The number of hydrogen-bond donors (Lipinski definition) is 0. The van der Waals surface area contributed by atoms with E-state index >= 15 is 0 Å². The third kappa shape index (κ3) is 5.05. The molecule has 3 nitrogen and oxygen atoms in total. The molecule has 0 saturated carbocycles. The molecule has 10 rings (SSSR count). The molecule has 240 valence electrons. The molecule has 0 unspecified atom stereocenters. The van der Waals surface area contributed by atoms with Gasteiger partial charge in [-0.3, -0.25) is 0 Å². The van der Waals surface area contributed by atoms with Crippen molar-refractivity contribution >= 4 is 66.2 Å². The van der Waals surface area contributed by atoms with Crippen LogP contribution in [0.5, 0.6) is 0 Å². The number of para-hydroxylation sites is 3. The Bertz CT molecular complexity index is 2900. The summed E-state index contributed by atoms with van der Waals surface area (Å²) in [5.74, 6) is 0. The number of fused-ring (bicyclic) bond motifs is 6. The van der Waals surface area contributed by atoms with Gasteiger partial charge in [0.2, 0.25) is 0 Å². The summed E-state index contributed by atoms with van der Waals surface area (Å²) in [5, 5.41) is 5.00. The Hall–Kier alpha value is -5.98. The van der Waals surface area contributed by atoms with Crippen molar-refractivity contribution < 1.29 is 0 Å². The van der Waals surface area contributed by atoms with E-state index in [0.29, 0.717) is 0 Å². The van der Waals surface area contributed by atoms with Crippen LogP contribution < -0.4 is 0 Å². The lowest BCUT2D eigenvalue weighted by Gasteiger charge is -2.11. The highest BCUT2D eigenvalue weighted by Gasteiger charge is 2.16. The van der Waals surface area contributed by atoms with Crippen LogP contribution in [0.25, 0.3) is 88.6 Å². The molecule has 51 heavy (non-hydrogen) atoms. The summed E-state index contributed by atoms with van der Waals surface area (Å²) in [7, 11) is 0. The fourth-order valence-corrected chi connectivity index (χ4v) is 7.95. The number of rotatable bonds is 5. The van der Waals surface area contributed by atoms with Crippen molar-refractivity contribution in [3.05, 3.63) is 186 Å². The summed E-state index contributed by atoms with van der Waals surface area (Å²) >= 11 is 2.34. The van der Waals surface area contributed by atoms with E-state index in [4.69, 9.17) is 4.98 Å². The highest BCUT2D eigenvalue weighted by atomic mass is 127. The van der Waals surface area contributed by atoms with Gasteiger partial charge in [0.05, 0.1) is 33.5 Å². The first-order chi connectivity index (χ1) is 25.2. The molecule has 4 heteroatoms. The second-order valence-electron chi connectivity index (χ2n) is 13.0.